The Morgan fingerprint density at radius 1 is 1.14 bits per heavy atom. The lowest BCUT2D eigenvalue weighted by atomic mass is 10.1. The summed E-state index contributed by atoms with van der Waals surface area (Å²) < 4.78 is 55.9. The minimum Gasteiger partial charge on any atom is -0.368 e. The molecule has 2 aromatic carbocycles. The predicted molar refractivity (Wildman–Crippen MR) is 114 cm³/mol. The fourth-order valence-electron chi connectivity index (χ4n) is 3.57. The molecule has 0 unspecified atom stereocenters. The summed E-state index contributed by atoms with van der Waals surface area (Å²) in [7, 11) is -4.10. The fourth-order valence-corrected chi connectivity index (χ4v) is 5.74. The van der Waals surface area contributed by atoms with Crippen molar-refractivity contribution in [1.29, 1.82) is 0 Å². The highest BCUT2D eigenvalue weighted by Crippen LogP contribution is 2.40. The number of benzene rings is 2. The average molecular weight is 505 g/mol. The smallest absolute Gasteiger partial charge is 0.268 e. The standard InChI is InChI=1S/C19H17BrClF2N3O2S/c20-12-2-1-3-14(8-12)29(27,28)26-11-15(19(22)23)18-16(9-13(21)10-17(18)26)25-6-4-24-5-7-25/h1-3,8-11,19,24H,4-7H2. The van der Waals surface area contributed by atoms with Crippen LogP contribution in [0.25, 0.3) is 10.9 Å². The van der Waals surface area contributed by atoms with E-state index in [2.05, 4.69) is 21.2 Å². The Morgan fingerprint density at radius 2 is 1.86 bits per heavy atom. The lowest BCUT2D eigenvalue weighted by molar-refractivity contribution is 0.153. The molecule has 2 heterocycles. The van der Waals surface area contributed by atoms with Gasteiger partial charge in [-0.3, -0.25) is 0 Å². The predicted octanol–water partition coefficient (Wildman–Crippen LogP) is 4.64. The second-order valence-electron chi connectivity index (χ2n) is 6.70. The Hall–Kier alpha value is -1.68. The van der Waals surface area contributed by atoms with Crippen molar-refractivity contribution in [2.24, 2.45) is 0 Å². The van der Waals surface area contributed by atoms with E-state index in [1.54, 1.807) is 18.2 Å². The summed E-state index contributed by atoms with van der Waals surface area (Å²) in [5, 5.41) is 3.71. The van der Waals surface area contributed by atoms with Crippen molar-refractivity contribution < 1.29 is 17.2 Å². The summed E-state index contributed by atoms with van der Waals surface area (Å²) in [5.74, 6) is 0. The lowest BCUT2D eigenvalue weighted by Gasteiger charge is -2.30. The first-order valence-electron chi connectivity index (χ1n) is 8.88. The van der Waals surface area contributed by atoms with Crippen LogP contribution < -0.4 is 10.2 Å². The maximum atomic E-state index is 13.9. The van der Waals surface area contributed by atoms with Gasteiger partial charge in [-0.2, -0.15) is 0 Å². The minimum absolute atomic E-state index is 0.00621. The van der Waals surface area contributed by atoms with Gasteiger partial charge in [0.2, 0.25) is 0 Å². The molecule has 1 aromatic heterocycles. The summed E-state index contributed by atoms with van der Waals surface area (Å²) >= 11 is 9.53. The summed E-state index contributed by atoms with van der Waals surface area (Å²) in [6.07, 6.45) is -1.83. The Labute approximate surface area is 180 Å². The highest BCUT2D eigenvalue weighted by molar-refractivity contribution is 9.10. The zero-order valence-corrected chi connectivity index (χ0v) is 18.2. The molecule has 0 aliphatic carbocycles. The third-order valence-electron chi connectivity index (χ3n) is 4.89. The minimum atomic E-state index is -4.10. The van der Waals surface area contributed by atoms with Gasteiger partial charge in [0.1, 0.15) is 0 Å². The molecule has 0 atom stereocenters. The Morgan fingerprint density at radius 3 is 2.52 bits per heavy atom. The van der Waals surface area contributed by atoms with E-state index in [0.717, 1.165) is 10.2 Å². The number of fused-ring (bicyclic) bond motifs is 1. The topological polar surface area (TPSA) is 54.3 Å². The van der Waals surface area contributed by atoms with Crippen LogP contribution in [-0.2, 0) is 10.0 Å². The van der Waals surface area contributed by atoms with Crippen LogP contribution >= 0.6 is 27.5 Å². The molecule has 0 spiro atoms. The third kappa shape index (κ3) is 3.76. The Kier molecular flexibility index (Phi) is 5.58. The number of hydrogen-bond donors (Lipinski definition) is 1. The second kappa shape index (κ2) is 7.86. The third-order valence-corrected chi connectivity index (χ3v) is 7.27. The van der Waals surface area contributed by atoms with Crippen LogP contribution in [0.5, 0.6) is 0 Å². The number of rotatable bonds is 4. The number of nitrogens with one attached hydrogen (secondary N) is 1. The molecule has 0 bridgehead atoms. The van der Waals surface area contributed by atoms with Crippen molar-refractivity contribution in [3.05, 3.63) is 57.7 Å². The van der Waals surface area contributed by atoms with Gasteiger partial charge in [-0.25, -0.2) is 21.2 Å². The van der Waals surface area contributed by atoms with Gasteiger partial charge in [-0.15, -0.1) is 0 Å². The van der Waals surface area contributed by atoms with Crippen molar-refractivity contribution in [3.63, 3.8) is 0 Å². The maximum absolute atomic E-state index is 13.9. The zero-order valence-electron chi connectivity index (χ0n) is 15.1. The molecule has 29 heavy (non-hydrogen) atoms. The molecule has 1 fully saturated rings. The second-order valence-corrected chi connectivity index (χ2v) is 9.87. The number of anilines is 1. The van der Waals surface area contributed by atoms with Gasteiger partial charge in [0.15, 0.2) is 0 Å². The van der Waals surface area contributed by atoms with Crippen LogP contribution in [-0.4, -0.2) is 38.6 Å². The molecule has 3 aromatic rings. The van der Waals surface area contributed by atoms with Crippen LogP contribution in [0.1, 0.15) is 12.0 Å². The van der Waals surface area contributed by atoms with Gasteiger partial charge in [0, 0.05) is 58.5 Å². The first kappa shape index (κ1) is 20.6. The molecule has 1 saturated heterocycles. The maximum Gasteiger partial charge on any atom is 0.268 e. The van der Waals surface area contributed by atoms with Gasteiger partial charge in [-0.05, 0) is 30.3 Å². The van der Waals surface area contributed by atoms with Crippen molar-refractivity contribution in [2.75, 3.05) is 31.1 Å². The van der Waals surface area contributed by atoms with Gasteiger partial charge in [0.05, 0.1) is 10.4 Å². The quantitative estimate of drug-likeness (QED) is 0.562. The molecule has 0 saturated carbocycles. The van der Waals surface area contributed by atoms with Gasteiger partial charge in [-0.1, -0.05) is 33.6 Å². The van der Waals surface area contributed by atoms with Crippen molar-refractivity contribution in [2.45, 2.75) is 11.3 Å². The molecular weight excluding hydrogens is 488 g/mol. The van der Waals surface area contributed by atoms with E-state index in [4.69, 9.17) is 11.6 Å². The first-order valence-corrected chi connectivity index (χ1v) is 11.5. The van der Waals surface area contributed by atoms with Gasteiger partial charge < -0.3 is 10.2 Å². The molecule has 5 nitrogen and oxygen atoms in total. The summed E-state index contributed by atoms with van der Waals surface area (Å²) in [4.78, 5) is 1.94. The van der Waals surface area contributed by atoms with E-state index in [1.165, 1.54) is 18.2 Å². The fraction of sp³-hybridized carbons (Fsp3) is 0.263. The highest BCUT2D eigenvalue weighted by atomic mass is 79.9. The van der Waals surface area contributed by atoms with E-state index in [9.17, 15) is 17.2 Å². The molecule has 10 heteroatoms. The van der Waals surface area contributed by atoms with Crippen molar-refractivity contribution >= 4 is 54.1 Å². The number of nitrogens with zero attached hydrogens (tertiary/aromatic N) is 2. The van der Waals surface area contributed by atoms with Crippen LogP contribution in [0.4, 0.5) is 14.5 Å². The molecule has 1 N–H and O–H groups in total. The molecule has 154 valence electrons. The normalized spacial score (nSPS) is 15.4. The number of aromatic nitrogens is 1. The SMILES string of the molecule is O=S(=O)(c1cccc(Br)c1)n1cc(C(F)F)c2c(N3CCNCC3)cc(Cl)cc21. The van der Waals surface area contributed by atoms with Crippen molar-refractivity contribution in [1.82, 2.24) is 9.29 Å². The molecule has 0 amide bonds. The summed E-state index contributed by atoms with van der Waals surface area (Å²) in [6.45, 7) is 2.63. The average Bonchev–Trinajstić information content (AvgIpc) is 3.08. The number of halogens is 4. The Bertz CT molecular complexity index is 1180. The van der Waals surface area contributed by atoms with Crippen LogP contribution in [0.15, 0.2) is 52.0 Å². The van der Waals surface area contributed by atoms with E-state index in [0.29, 0.717) is 36.3 Å². The molecule has 1 aliphatic rings. The number of piperazine rings is 1. The largest absolute Gasteiger partial charge is 0.368 e. The lowest BCUT2D eigenvalue weighted by Crippen LogP contribution is -2.43. The highest BCUT2D eigenvalue weighted by Gasteiger charge is 2.28. The van der Waals surface area contributed by atoms with E-state index >= 15 is 0 Å². The van der Waals surface area contributed by atoms with Crippen LogP contribution in [0.3, 0.4) is 0 Å². The van der Waals surface area contributed by atoms with E-state index < -0.39 is 16.4 Å². The monoisotopic (exact) mass is 503 g/mol. The van der Waals surface area contributed by atoms with E-state index in [-0.39, 0.29) is 26.4 Å². The van der Waals surface area contributed by atoms with Crippen LogP contribution in [0.2, 0.25) is 5.02 Å². The van der Waals surface area contributed by atoms with Gasteiger partial charge in [0.25, 0.3) is 16.4 Å². The summed E-state index contributed by atoms with van der Waals surface area (Å²) in [5.41, 5.74) is 0.331. The van der Waals surface area contributed by atoms with E-state index in [1.807, 2.05) is 4.90 Å². The molecule has 4 rings (SSSR count). The number of hydrogen-bond acceptors (Lipinski definition) is 4. The molecule has 0 radical (unpaired) electrons. The van der Waals surface area contributed by atoms with Crippen LogP contribution in [0, 0.1) is 0 Å². The molecule has 1 aliphatic heterocycles. The van der Waals surface area contributed by atoms with Gasteiger partial charge >= 0.3 is 0 Å². The molecular formula is C19H17BrClF2N3O2S. The van der Waals surface area contributed by atoms with Crippen molar-refractivity contribution in [3.8, 4) is 0 Å². The zero-order chi connectivity index (χ0) is 20.8. The number of alkyl halides is 2. The first-order chi connectivity index (χ1) is 13.8. The summed E-state index contributed by atoms with van der Waals surface area (Å²) in [6, 6.07) is 9.18. The Balaban J connectivity index is 2.00.